The van der Waals surface area contributed by atoms with Crippen molar-refractivity contribution in [2.24, 2.45) is 11.3 Å². The van der Waals surface area contributed by atoms with Gasteiger partial charge in [-0.15, -0.1) is 0 Å². The number of hydrogen-bond donors (Lipinski definition) is 2. The first-order chi connectivity index (χ1) is 9.20. The molecule has 1 heterocycles. The Kier molecular flexibility index (Phi) is 4.97. The van der Waals surface area contributed by atoms with Crippen LogP contribution in [-0.2, 0) is 9.59 Å². The Hall–Kier alpha value is -1.79. The van der Waals surface area contributed by atoms with Crippen molar-refractivity contribution in [2.45, 2.75) is 20.3 Å². The molecular weight excluding hydrogens is 262 g/mol. The maximum absolute atomic E-state index is 12.0. The summed E-state index contributed by atoms with van der Waals surface area (Å²) in [7, 11) is 3.22. The lowest BCUT2D eigenvalue weighted by Crippen LogP contribution is -2.46. The number of amides is 3. The number of hydrogen-bond acceptors (Lipinski definition) is 3. The van der Waals surface area contributed by atoms with E-state index in [9.17, 15) is 19.5 Å². The second kappa shape index (κ2) is 6.11. The van der Waals surface area contributed by atoms with E-state index in [1.54, 1.807) is 14.1 Å². The van der Waals surface area contributed by atoms with Crippen molar-refractivity contribution in [1.29, 1.82) is 0 Å². The highest BCUT2D eigenvalue weighted by Crippen LogP contribution is 2.38. The molecule has 1 unspecified atom stereocenters. The zero-order chi connectivity index (χ0) is 15.5. The van der Waals surface area contributed by atoms with Gasteiger partial charge in [0, 0.05) is 27.2 Å². The smallest absolute Gasteiger partial charge is 0.317 e. The van der Waals surface area contributed by atoms with E-state index in [0.29, 0.717) is 13.0 Å². The molecular formula is C13H23N3O4. The van der Waals surface area contributed by atoms with Crippen LogP contribution in [0.4, 0.5) is 4.79 Å². The predicted molar refractivity (Wildman–Crippen MR) is 73.2 cm³/mol. The van der Waals surface area contributed by atoms with Gasteiger partial charge in [0.2, 0.25) is 5.91 Å². The summed E-state index contributed by atoms with van der Waals surface area (Å²) in [5, 5.41) is 11.9. The van der Waals surface area contributed by atoms with Crippen LogP contribution in [0.5, 0.6) is 0 Å². The molecule has 1 atom stereocenters. The summed E-state index contributed by atoms with van der Waals surface area (Å²) in [5.41, 5.74) is -0.886. The average molecular weight is 285 g/mol. The van der Waals surface area contributed by atoms with Crippen LogP contribution >= 0.6 is 0 Å². The highest BCUT2D eigenvalue weighted by molar-refractivity contribution is 5.84. The van der Waals surface area contributed by atoms with Gasteiger partial charge in [-0.05, 0) is 12.3 Å². The minimum atomic E-state index is -0.886. The van der Waals surface area contributed by atoms with Gasteiger partial charge in [0.1, 0.15) is 0 Å². The van der Waals surface area contributed by atoms with Crippen LogP contribution in [0.1, 0.15) is 20.3 Å². The number of likely N-dealkylation sites (N-methyl/N-ethyl adjacent to an activating group) is 1. The molecule has 114 valence electrons. The van der Waals surface area contributed by atoms with Gasteiger partial charge in [-0.3, -0.25) is 9.59 Å². The Labute approximate surface area is 118 Å². The summed E-state index contributed by atoms with van der Waals surface area (Å²) >= 11 is 0. The monoisotopic (exact) mass is 285 g/mol. The molecule has 1 saturated heterocycles. The molecule has 1 aliphatic heterocycles. The summed E-state index contributed by atoms with van der Waals surface area (Å²) in [5.74, 6) is -1.13. The van der Waals surface area contributed by atoms with Gasteiger partial charge in [0.05, 0.1) is 12.0 Å². The SMILES string of the molecule is CC(C)C1(C(=O)O)CCN(C(=O)NCC(=O)N(C)C)C1. The van der Waals surface area contributed by atoms with E-state index < -0.39 is 11.4 Å². The minimum absolute atomic E-state index is 0.0544. The summed E-state index contributed by atoms with van der Waals surface area (Å²) < 4.78 is 0. The Morgan fingerprint density at radius 3 is 2.35 bits per heavy atom. The van der Waals surface area contributed by atoms with E-state index >= 15 is 0 Å². The summed E-state index contributed by atoms with van der Waals surface area (Å²) in [6, 6.07) is -0.385. The largest absolute Gasteiger partial charge is 0.481 e. The Bertz CT molecular complexity index is 408. The Morgan fingerprint density at radius 2 is 1.95 bits per heavy atom. The summed E-state index contributed by atoms with van der Waals surface area (Å²) in [6.45, 7) is 4.20. The molecule has 3 amide bonds. The van der Waals surface area contributed by atoms with Crippen LogP contribution in [0.3, 0.4) is 0 Å². The van der Waals surface area contributed by atoms with Gasteiger partial charge in [-0.2, -0.15) is 0 Å². The van der Waals surface area contributed by atoms with E-state index in [-0.39, 0.29) is 30.9 Å². The molecule has 0 saturated carbocycles. The third kappa shape index (κ3) is 3.20. The second-order valence-electron chi connectivity index (χ2n) is 5.73. The van der Waals surface area contributed by atoms with Gasteiger partial charge in [-0.1, -0.05) is 13.8 Å². The van der Waals surface area contributed by atoms with Gasteiger partial charge in [0.25, 0.3) is 0 Å². The molecule has 7 heteroatoms. The van der Waals surface area contributed by atoms with Crippen molar-refractivity contribution in [2.75, 3.05) is 33.7 Å². The number of nitrogens with zero attached hydrogens (tertiary/aromatic N) is 2. The summed E-state index contributed by atoms with van der Waals surface area (Å²) in [4.78, 5) is 37.7. The van der Waals surface area contributed by atoms with Gasteiger partial charge in [-0.25, -0.2) is 4.79 Å². The van der Waals surface area contributed by atoms with E-state index in [0.717, 1.165) is 0 Å². The van der Waals surface area contributed by atoms with Crippen LogP contribution in [-0.4, -0.2) is 66.5 Å². The molecule has 0 spiro atoms. The molecule has 1 rings (SSSR count). The van der Waals surface area contributed by atoms with E-state index in [1.807, 2.05) is 13.8 Å². The van der Waals surface area contributed by atoms with Crippen LogP contribution in [0.2, 0.25) is 0 Å². The molecule has 0 aromatic heterocycles. The van der Waals surface area contributed by atoms with E-state index in [2.05, 4.69) is 5.32 Å². The zero-order valence-electron chi connectivity index (χ0n) is 12.5. The van der Waals surface area contributed by atoms with Gasteiger partial charge < -0.3 is 20.2 Å². The number of carboxylic acids is 1. The molecule has 0 aromatic carbocycles. The van der Waals surface area contributed by atoms with Crippen molar-refractivity contribution in [1.82, 2.24) is 15.1 Å². The number of rotatable bonds is 4. The molecule has 0 aromatic rings. The molecule has 20 heavy (non-hydrogen) atoms. The molecule has 0 radical (unpaired) electrons. The topological polar surface area (TPSA) is 90.0 Å². The van der Waals surface area contributed by atoms with E-state index in [4.69, 9.17) is 0 Å². The quantitative estimate of drug-likeness (QED) is 0.773. The maximum atomic E-state index is 12.0. The van der Waals surface area contributed by atoms with Crippen LogP contribution in [0.15, 0.2) is 0 Å². The van der Waals surface area contributed by atoms with Crippen LogP contribution < -0.4 is 5.32 Å². The first-order valence-electron chi connectivity index (χ1n) is 6.67. The Morgan fingerprint density at radius 1 is 1.35 bits per heavy atom. The third-order valence-electron chi connectivity index (χ3n) is 4.01. The number of carboxylic acid groups (broad SMARTS) is 1. The fourth-order valence-electron chi connectivity index (χ4n) is 2.32. The molecule has 0 bridgehead atoms. The van der Waals surface area contributed by atoms with Crippen LogP contribution in [0.25, 0.3) is 0 Å². The zero-order valence-corrected chi connectivity index (χ0v) is 12.5. The lowest BCUT2D eigenvalue weighted by molar-refractivity contribution is -0.150. The fraction of sp³-hybridized carbons (Fsp3) is 0.769. The maximum Gasteiger partial charge on any atom is 0.317 e. The molecule has 1 aliphatic rings. The number of urea groups is 1. The predicted octanol–water partition coefficient (Wildman–Crippen LogP) is 0.217. The number of likely N-dealkylation sites (tertiary alicyclic amines) is 1. The van der Waals surface area contributed by atoms with Crippen molar-refractivity contribution in [3.8, 4) is 0 Å². The summed E-state index contributed by atoms with van der Waals surface area (Å²) in [6.07, 6.45) is 0.440. The van der Waals surface area contributed by atoms with Crippen molar-refractivity contribution < 1.29 is 19.5 Å². The van der Waals surface area contributed by atoms with Gasteiger partial charge >= 0.3 is 12.0 Å². The first-order valence-corrected chi connectivity index (χ1v) is 6.67. The lowest BCUT2D eigenvalue weighted by Gasteiger charge is -2.28. The average Bonchev–Trinajstić information content (AvgIpc) is 2.81. The van der Waals surface area contributed by atoms with Crippen molar-refractivity contribution in [3.05, 3.63) is 0 Å². The first kappa shape index (κ1) is 16.3. The number of aliphatic carboxylic acids is 1. The fourth-order valence-corrected chi connectivity index (χ4v) is 2.32. The third-order valence-corrected chi connectivity index (χ3v) is 4.01. The highest BCUT2D eigenvalue weighted by Gasteiger charge is 2.48. The lowest BCUT2D eigenvalue weighted by atomic mass is 9.76. The van der Waals surface area contributed by atoms with Crippen LogP contribution in [0, 0.1) is 11.3 Å². The molecule has 1 fully saturated rings. The van der Waals surface area contributed by atoms with Gasteiger partial charge in [0.15, 0.2) is 0 Å². The second-order valence-corrected chi connectivity index (χ2v) is 5.73. The number of carbonyl (C=O) groups is 3. The van der Waals surface area contributed by atoms with Crippen molar-refractivity contribution in [3.63, 3.8) is 0 Å². The Balaban J connectivity index is 2.61. The highest BCUT2D eigenvalue weighted by atomic mass is 16.4. The number of carbonyl (C=O) groups excluding carboxylic acids is 2. The molecule has 7 nitrogen and oxygen atoms in total. The number of nitrogens with one attached hydrogen (secondary N) is 1. The standard InChI is InChI=1S/C13H23N3O4/c1-9(2)13(11(18)19)5-6-16(8-13)12(20)14-7-10(17)15(3)4/h9H,5-8H2,1-4H3,(H,14,20)(H,18,19). The molecule has 0 aliphatic carbocycles. The normalized spacial score (nSPS) is 21.9. The van der Waals surface area contributed by atoms with Crippen molar-refractivity contribution >= 4 is 17.9 Å². The van der Waals surface area contributed by atoms with E-state index in [1.165, 1.54) is 9.80 Å². The molecule has 2 N–H and O–H groups in total. The minimum Gasteiger partial charge on any atom is -0.481 e.